The Morgan fingerprint density at radius 2 is 0.738 bits per heavy atom. The van der Waals surface area contributed by atoms with Gasteiger partial charge in [-0.25, -0.2) is 14.4 Å². The lowest BCUT2D eigenvalue weighted by molar-refractivity contribution is -0.973. The van der Waals surface area contributed by atoms with E-state index in [2.05, 4.69) is 6.58 Å². The molecule has 7 heteroatoms. The number of hydrogen-bond acceptors (Lipinski definition) is 3. The van der Waals surface area contributed by atoms with Crippen molar-refractivity contribution >= 4 is 17.9 Å². The first-order valence-corrected chi connectivity index (χ1v) is 17.4. The maximum Gasteiger partial charge on any atom is 0.362 e. The molecule has 0 aliphatic carbocycles. The van der Waals surface area contributed by atoms with Crippen molar-refractivity contribution in [1.82, 2.24) is 0 Å². The number of carboxylic acid groups (broad SMARTS) is 3. The molecule has 0 saturated carbocycles. The number of hydrogen-bond donors (Lipinski definition) is 3. The van der Waals surface area contributed by atoms with E-state index >= 15 is 0 Å². The molecule has 0 heterocycles. The van der Waals surface area contributed by atoms with Crippen LogP contribution in [0.3, 0.4) is 0 Å². The molecule has 0 aliphatic heterocycles. The molecule has 0 aliphatic rings. The molecule has 3 N–H and O–H groups in total. The molecule has 42 heavy (non-hydrogen) atoms. The number of aliphatic carboxylic acids is 3. The predicted octanol–water partition coefficient (Wildman–Crippen LogP) is 9.38. The summed E-state index contributed by atoms with van der Waals surface area (Å²) in [6, 6.07) is -3.18. The Morgan fingerprint density at radius 3 is 0.952 bits per heavy atom. The molecule has 7 nitrogen and oxygen atoms in total. The highest BCUT2D eigenvalue weighted by Gasteiger charge is 2.55. The van der Waals surface area contributed by atoms with Crippen molar-refractivity contribution in [2.75, 3.05) is 6.54 Å². The van der Waals surface area contributed by atoms with E-state index in [0.717, 1.165) is 25.7 Å². The monoisotopic (exact) mass is 596 g/mol. The highest BCUT2D eigenvalue weighted by molar-refractivity contribution is 5.78. The lowest BCUT2D eigenvalue weighted by atomic mass is 9.93. The van der Waals surface area contributed by atoms with Gasteiger partial charge in [-0.2, -0.15) is 0 Å². The van der Waals surface area contributed by atoms with Crippen molar-refractivity contribution in [3.8, 4) is 0 Å². The van der Waals surface area contributed by atoms with Crippen molar-refractivity contribution in [2.24, 2.45) is 0 Å². The zero-order valence-electron chi connectivity index (χ0n) is 27.5. The van der Waals surface area contributed by atoms with E-state index in [9.17, 15) is 29.7 Å². The van der Waals surface area contributed by atoms with Gasteiger partial charge in [0.25, 0.3) is 0 Å². The summed E-state index contributed by atoms with van der Waals surface area (Å²) in [6.07, 6.45) is 27.3. The van der Waals surface area contributed by atoms with E-state index in [4.69, 9.17) is 0 Å². The molecular weight excluding hydrogens is 530 g/mol. The Bertz CT molecular complexity index is 669. The van der Waals surface area contributed by atoms with Gasteiger partial charge in [0.2, 0.25) is 0 Å². The topological polar surface area (TPSA) is 112 Å². The fraction of sp³-hybridized carbons (Fsp3) is 0.857. The molecule has 0 radical (unpaired) electrons. The summed E-state index contributed by atoms with van der Waals surface area (Å²) in [6.45, 7) is 9.18. The first kappa shape index (κ1) is 40.1. The zero-order valence-corrected chi connectivity index (χ0v) is 27.5. The minimum atomic E-state index is -1.11. The summed E-state index contributed by atoms with van der Waals surface area (Å²) in [7, 11) is 0. The van der Waals surface area contributed by atoms with Crippen molar-refractivity contribution in [1.29, 1.82) is 0 Å². The molecule has 0 aromatic carbocycles. The second kappa shape index (κ2) is 25.6. The zero-order chi connectivity index (χ0) is 31.6. The minimum absolute atomic E-state index is 0.194. The lowest BCUT2D eigenvalue weighted by Gasteiger charge is -2.49. The van der Waals surface area contributed by atoms with E-state index < -0.39 is 40.5 Å². The summed E-state index contributed by atoms with van der Waals surface area (Å²) in [5, 5.41) is 30.1. The van der Waals surface area contributed by atoms with Gasteiger partial charge < -0.3 is 15.3 Å². The Hall–Kier alpha value is -1.89. The van der Waals surface area contributed by atoms with E-state index in [0.29, 0.717) is 6.42 Å². The standard InChI is InChI=1S/C35H65NO6/c1-5-9-10-11-12-13-14-15-16-17-18-19-20-21-22-23-24-25-26-27-28-29-36(30(6-2)33(37)38,31(7-3)34(39)40)32(8-4)35(41)42/h5,30-32H,1,6-29H2,2-4H3,(H2-,37,38,39,40,41,42)/p+1. The molecule has 0 saturated heterocycles. The average Bonchev–Trinajstić information content (AvgIpc) is 2.94. The maximum absolute atomic E-state index is 12.3. The van der Waals surface area contributed by atoms with Crippen LogP contribution in [-0.4, -0.2) is 62.4 Å². The number of quaternary nitrogens is 1. The lowest BCUT2D eigenvalue weighted by Crippen LogP contribution is -2.72. The number of allylic oxidation sites excluding steroid dienone is 1. The normalized spacial score (nSPS) is 15.0. The first-order chi connectivity index (χ1) is 20.2. The van der Waals surface area contributed by atoms with Crippen molar-refractivity contribution in [3.63, 3.8) is 0 Å². The molecule has 0 fully saturated rings. The first-order valence-electron chi connectivity index (χ1n) is 17.4. The minimum Gasteiger partial charge on any atom is -0.477 e. The van der Waals surface area contributed by atoms with Gasteiger partial charge in [0.15, 0.2) is 18.1 Å². The average molecular weight is 597 g/mol. The van der Waals surface area contributed by atoms with Crippen LogP contribution in [0.25, 0.3) is 0 Å². The highest BCUT2D eigenvalue weighted by Crippen LogP contribution is 2.32. The summed E-state index contributed by atoms with van der Waals surface area (Å²) in [4.78, 5) is 36.8. The maximum atomic E-state index is 12.3. The van der Waals surface area contributed by atoms with E-state index in [1.54, 1.807) is 20.8 Å². The van der Waals surface area contributed by atoms with Gasteiger partial charge >= 0.3 is 17.9 Å². The van der Waals surface area contributed by atoms with Crippen LogP contribution in [0.1, 0.15) is 168 Å². The Kier molecular flexibility index (Phi) is 24.4. The number of carboxylic acids is 3. The van der Waals surface area contributed by atoms with Gasteiger partial charge in [-0.05, 0) is 25.7 Å². The third kappa shape index (κ3) is 15.5. The summed E-state index contributed by atoms with van der Waals surface area (Å²) in [5.41, 5.74) is 0. The SMILES string of the molecule is C=CCCCCCCCCCCCCCCCCCCCCC[N+](C(CC)C(=O)O)(C(CC)C(=O)O)C(CC)C(=O)O. The third-order valence-electron chi connectivity index (χ3n) is 9.21. The predicted molar refractivity (Wildman–Crippen MR) is 173 cm³/mol. The summed E-state index contributed by atoms with van der Waals surface area (Å²) < 4.78 is -0.403. The van der Waals surface area contributed by atoms with Crippen molar-refractivity contribution in [3.05, 3.63) is 12.7 Å². The van der Waals surface area contributed by atoms with E-state index in [-0.39, 0.29) is 25.8 Å². The molecule has 0 aromatic rings. The number of unbranched alkanes of at least 4 members (excludes halogenated alkanes) is 19. The number of nitrogens with zero attached hydrogens (tertiary/aromatic N) is 1. The summed E-state index contributed by atoms with van der Waals surface area (Å²) in [5.74, 6) is -3.34. The quantitative estimate of drug-likeness (QED) is 0.0417. The largest absolute Gasteiger partial charge is 0.477 e. The number of carbonyl (C=O) groups is 3. The van der Waals surface area contributed by atoms with Crippen LogP contribution in [0.4, 0.5) is 0 Å². The van der Waals surface area contributed by atoms with Crippen molar-refractivity contribution < 1.29 is 34.2 Å². The highest BCUT2D eigenvalue weighted by atomic mass is 16.4. The van der Waals surface area contributed by atoms with Gasteiger partial charge in [-0.15, -0.1) is 6.58 Å². The molecule has 0 spiro atoms. The summed E-state index contributed by atoms with van der Waals surface area (Å²) >= 11 is 0. The number of rotatable bonds is 31. The van der Waals surface area contributed by atoms with Crippen LogP contribution in [0.15, 0.2) is 12.7 Å². The van der Waals surface area contributed by atoms with Gasteiger partial charge in [0.05, 0.1) is 6.54 Å². The van der Waals surface area contributed by atoms with Crippen LogP contribution < -0.4 is 0 Å². The molecular formula is C35H66NO6+. The third-order valence-corrected chi connectivity index (χ3v) is 9.21. The molecule has 3 unspecified atom stereocenters. The van der Waals surface area contributed by atoms with Gasteiger partial charge in [0.1, 0.15) is 0 Å². The molecule has 0 aromatic heterocycles. The second-order valence-electron chi connectivity index (χ2n) is 12.3. The van der Waals surface area contributed by atoms with Crippen molar-refractivity contribution in [2.45, 2.75) is 187 Å². The van der Waals surface area contributed by atoms with Gasteiger partial charge in [-0.1, -0.05) is 130 Å². The second-order valence-corrected chi connectivity index (χ2v) is 12.3. The van der Waals surface area contributed by atoms with E-state index in [1.165, 1.54) is 96.3 Å². The fourth-order valence-corrected chi connectivity index (χ4v) is 6.96. The van der Waals surface area contributed by atoms with Crippen LogP contribution in [0.2, 0.25) is 0 Å². The smallest absolute Gasteiger partial charge is 0.362 e. The van der Waals surface area contributed by atoms with Crippen LogP contribution in [0.5, 0.6) is 0 Å². The molecule has 3 atom stereocenters. The van der Waals surface area contributed by atoms with Crippen LogP contribution >= 0.6 is 0 Å². The molecule has 0 rings (SSSR count). The molecule has 0 amide bonds. The molecule has 0 bridgehead atoms. The van der Waals surface area contributed by atoms with Gasteiger partial charge in [0, 0.05) is 19.3 Å². The fourth-order valence-electron chi connectivity index (χ4n) is 6.96. The van der Waals surface area contributed by atoms with Gasteiger partial charge in [-0.3, -0.25) is 4.48 Å². The van der Waals surface area contributed by atoms with Crippen LogP contribution in [-0.2, 0) is 14.4 Å². The Balaban J connectivity index is 4.31. The molecule has 246 valence electrons. The Labute approximate surface area is 257 Å². The van der Waals surface area contributed by atoms with E-state index in [1.807, 2.05) is 6.08 Å². The van der Waals surface area contributed by atoms with Crippen LogP contribution in [0, 0.1) is 0 Å². The Morgan fingerprint density at radius 1 is 0.500 bits per heavy atom.